The molecule has 27 heavy (non-hydrogen) atoms. The smallest absolute Gasteiger partial charge is 0.272 e. The molecule has 1 unspecified atom stereocenters. The summed E-state index contributed by atoms with van der Waals surface area (Å²) in [6.45, 7) is 0.886. The van der Waals surface area contributed by atoms with Gasteiger partial charge in [0.1, 0.15) is 5.69 Å². The highest BCUT2D eigenvalue weighted by Gasteiger charge is 2.31. The van der Waals surface area contributed by atoms with Gasteiger partial charge in [0, 0.05) is 18.7 Å². The molecule has 1 saturated heterocycles. The largest absolute Gasteiger partial charge is 0.354 e. The Kier molecular flexibility index (Phi) is 4.70. The number of carbonyl (C=O) groups excluding carboxylic acids is 2. The van der Waals surface area contributed by atoms with E-state index in [1.54, 1.807) is 11.0 Å². The summed E-state index contributed by atoms with van der Waals surface area (Å²) in [5, 5.41) is 9.99. The van der Waals surface area contributed by atoms with Crippen molar-refractivity contribution in [2.75, 3.05) is 13.1 Å². The molecule has 0 saturated carbocycles. The number of amides is 2. The predicted molar refractivity (Wildman–Crippen MR) is 102 cm³/mol. The molecule has 3 aromatic rings. The van der Waals surface area contributed by atoms with E-state index in [2.05, 4.69) is 15.5 Å². The monoisotopic (exact) mass is 360 g/mol. The zero-order valence-corrected chi connectivity index (χ0v) is 14.8. The van der Waals surface area contributed by atoms with E-state index in [0.29, 0.717) is 18.8 Å². The molecule has 2 aromatic carbocycles. The van der Waals surface area contributed by atoms with E-state index in [9.17, 15) is 9.59 Å². The fourth-order valence-corrected chi connectivity index (χ4v) is 3.39. The maximum absolute atomic E-state index is 13.2. The van der Waals surface area contributed by atoms with Crippen LogP contribution in [0.15, 0.2) is 66.7 Å². The Bertz CT molecular complexity index is 937. The third-order valence-electron chi connectivity index (χ3n) is 4.75. The standard InChI is InChI=1S/C21H20N4O2/c26-20-14-19(16-9-5-2-6-10-16)25(12-11-22-20)21(27)18-13-17(23-24-18)15-7-3-1-4-8-15/h1-10,13,19H,11-12,14H2,(H,22,26)(H,23,24). The minimum Gasteiger partial charge on any atom is -0.354 e. The van der Waals surface area contributed by atoms with Gasteiger partial charge in [-0.15, -0.1) is 0 Å². The Morgan fingerprint density at radius 3 is 2.48 bits per heavy atom. The molecule has 0 bridgehead atoms. The Hall–Kier alpha value is -3.41. The summed E-state index contributed by atoms with van der Waals surface area (Å²) in [4.78, 5) is 27.0. The van der Waals surface area contributed by atoms with Crippen LogP contribution in [-0.4, -0.2) is 40.0 Å². The van der Waals surface area contributed by atoms with Gasteiger partial charge in [0.25, 0.3) is 5.91 Å². The van der Waals surface area contributed by atoms with Crippen LogP contribution >= 0.6 is 0 Å². The highest BCUT2D eigenvalue weighted by molar-refractivity contribution is 5.94. The van der Waals surface area contributed by atoms with Gasteiger partial charge in [-0.25, -0.2) is 0 Å². The molecule has 1 atom stereocenters. The van der Waals surface area contributed by atoms with Crippen LogP contribution in [0.3, 0.4) is 0 Å². The molecule has 136 valence electrons. The number of H-pyrrole nitrogens is 1. The lowest BCUT2D eigenvalue weighted by Crippen LogP contribution is -2.36. The van der Waals surface area contributed by atoms with Crippen molar-refractivity contribution in [3.8, 4) is 11.3 Å². The van der Waals surface area contributed by atoms with E-state index < -0.39 is 0 Å². The molecule has 1 fully saturated rings. The minimum absolute atomic E-state index is 0.0475. The number of benzene rings is 2. The average Bonchev–Trinajstić information content (AvgIpc) is 3.13. The molecule has 1 aliphatic rings. The van der Waals surface area contributed by atoms with Gasteiger partial charge in [0.05, 0.1) is 18.2 Å². The lowest BCUT2D eigenvalue weighted by atomic mass is 10.0. The topological polar surface area (TPSA) is 78.1 Å². The number of nitrogens with one attached hydrogen (secondary N) is 2. The summed E-state index contributed by atoms with van der Waals surface area (Å²) in [5.41, 5.74) is 3.04. The van der Waals surface area contributed by atoms with Crippen LogP contribution in [0.1, 0.15) is 28.5 Å². The van der Waals surface area contributed by atoms with Crippen molar-refractivity contribution in [2.24, 2.45) is 0 Å². The number of aromatic nitrogens is 2. The number of carbonyl (C=O) groups is 2. The maximum Gasteiger partial charge on any atom is 0.272 e. The van der Waals surface area contributed by atoms with Gasteiger partial charge in [0.2, 0.25) is 5.91 Å². The van der Waals surface area contributed by atoms with Crippen LogP contribution in [0.25, 0.3) is 11.3 Å². The minimum atomic E-state index is -0.301. The molecule has 2 heterocycles. The first kappa shape index (κ1) is 17.0. The van der Waals surface area contributed by atoms with Crippen molar-refractivity contribution in [1.29, 1.82) is 0 Å². The number of hydrogen-bond acceptors (Lipinski definition) is 3. The first-order chi connectivity index (χ1) is 13.2. The quantitative estimate of drug-likeness (QED) is 0.754. The molecule has 2 N–H and O–H groups in total. The number of rotatable bonds is 3. The second-order valence-corrected chi connectivity index (χ2v) is 6.51. The summed E-state index contributed by atoms with van der Waals surface area (Å²) in [7, 11) is 0. The summed E-state index contributed by atoms with van der Waals surface area (Å²) >= 11 is 0. The Labute approximate surface area is 157 Å². The first-order valence-corrected chi connectivity index (χ1v) is 8.96. The molecule has 0 spiro atoms. The molecule has 2 amide bonds. The van der Waals surface area contributed by atoms with Crippen molar-refractivity contribution in [3.63, 3.8) is 0 Å². The lowest BCUT2D eigenvalue weighted by molar-refractivity contribution is -0.121. The Morgan fingerprint density at radius 1 is 1.04 bits per heavy atom. The lowest BCUT2D eigenvalue weighted by Gasteiger charge is -2.29. The van der Waals surface area contributed by atoms with E-state index in [4.69, 9.17) is 0 Å². The van der Waals surface area contributed by atoms with Crippen LogP contribution in [0.2, 0.25) is 0 Å². The molecule has 6 nitrogen and oxygen atoms in total. The molecule has 0 aliphatic carbocycles. The number of hydrogen-bond donors (Lipinski definition) is 2. The van der Waals surface area contributed by atoms with Crippen molar-refractivity contribution in [1.82, 2.24) is 20.4 Å². The summed E-state index contributed by atoms with van der Waals surface area (Å²) in [5.74, 6) is -0.205. The molecule has 0 radical (unpaired) electrons. The van der Waals surface area contributed by atoms with Crippen molar-refractivity contribution < 1.29 is 9.59 Å². The third kappa shape index (κ3) is 3.60. The summed E-state index contributed by atoms with van der Waals surface area (Å²) in [6, 6.07) is 20.8. The van der Waals surface area contributed by atoms with E-state index in [1.807, 2.05) is 60.7 Å². The summed E-state index contributed by atoms with van der Waals surface area (Å²) in [6.07, 6.45) is 0.245. The zero-order chi connectivity index (χ0) is 18.6. The second kappa shape index (κ2) is 7.45. The zero-order valence-electron chi connectivity index (χ0n) is 14.8. The van der Waals surface area contributed by atoms with Crippen LogP contribution in [0, 0.1) is 0 Å². The van der Waals surface area contributed by atoms with Gasteiger partial charge in [-0.1, -0.05) is 60.7 Å². The SMILES string of the molecule is O=C1CC(c2ccccc2)N(C(=O)c2cc(-c3ccccc3)n[nH]2)CCN1. The van der Waals surface area contributed by atoms with Gasteiger partial charge in [0.15, 0.2) is 0 Å². The van der Waals surface area contributed by atoms with E-state index >= 15 is 0 Å². The number of nitrogens with zero attached hydrogens (tertiary/aromatic N) is 2. The second-order valence-electron chi connectivity index (χ2n) is 6.51. The highest BCUT2D eigenvalue weighted by atomic mass is 16.2. The van der Waals surface area contributed by atoms with Gasteiger partial charge >= 0.3 is 0 Å². The molecule has 4 rings (SSSR count). The average molecular weight is 360 g/mol. The molecule has 1 aromatic heterocycles. The third-order valence-corrected chi connectivity index (χ3v) is 4.75. The van der Waals surface area contributed by atoms with Crippen LogP contribution in [0.5, 0.6) is 0 Å². The molecular weight excluding hydrogens is 340 g/mol. The van der Waals surface area contributed by atoms with Crippen LogP contribution < -0.4 is 5.32 Å². The van der Waals surface area contributed by atoms with E-state index in [1.165, 1.54) is 0 Å². The van der Waals surface area contributed by atoms with E-state index in [0.717, 1.165) is 16.8 Å². The Morgan fingerprint density at radius 2 is 1.74 bits per heavy atom. The van der Waals surface area contributed by atoms with Crippen molar-refractivity contribution >= 4 is 11.8 Å². The first-order valence-electron chi connectivity index (χ1n) is 8.96. The summed E-state index contributed by atoms with van der Waals surface area (Å²) < 4.78 is 0. The molecular formula is C21H20N4O2. The van der Waals surface area contributed by atoms with Crippen molar-refractivity contribution in [2.45, 2.75) is 12.5 Å². The van der Waals surface area contributed by atoms with Gasteiger partial charge in [-0.3, -0.25) is 14.7 Å². The van der Waals surface area contributed by atoms with E-state index in [-0.39, 0.29) is 24.3 Å². The predicted octanol–water partition coefficient (Wildman–Crippen LogP) is 2.78. The van der Waals surface area contributed by atoms with Crippen LogP contribution in [0.4, 0.5) is 0 Å². The Balaban J connectivity index is 1.64. The van der Waals surface area contributed by atoms with Gasteiger partial charge in [-0.2, -0.15) is 5.10 Å². The van der Waals surface area contributed by atoms with Gasteiger partial charge < -0.3 is 10.2 Å². The maximum atomic E-state index is 13.2. The fraction of sp³-hybridized carbons (Fsp3) is 0.190. The number of aromatic amines is 1. The molecule has 6 heteroatoms. The normalized spacial score (nSPS) is 17.3. The van der Waals surface area contributed by atoms with Crippen LogP contribution in [-0.2, 0) is 4.79 Å². The molecule has 1 aliphatic heterocycles. The fourth-order valence-electron chi connectivity index (χ4n) is 3.39. The highest BCUT2D eigenvalue weighted by Crippen LogP contribution is 2.27. The van der Waals surface area contributed by atoms with Gasteiger partial charge in [-0.05, 0) is 11.6 Å². The van der Waals surface area contributed by atoms with Crippen molar-refractivity contribution in [3.05, 3.63) is 78.0 Å².